The fourth-order valence-corrected chi connectivity index (χ4v) is 2.21. The van der Waals surface area contributed by atoms with Gasteiger partial charge in [0, 0.05) is 5.92 Å². The fraction of sp³-hybridized carbons (Fsp3) is 0.455. The number of furan rings is 1. The van der Waals surface area contributed by atoms with Gasteiger partial charge in [0.15, 0.2) is 12.2 Å². The average Bonchev–Trinajstić information content (AvgIpc) is 2.93. The average molecular weight is 205 g/mol. The molecule has 0 N–H and O–H groups in total. The smallest absolute Gasteiger partial charge is 0.211 e. The molecule has 3 rings (SSSR count). The number of aldehydes is 1. The predicted molar refractivity (Wildman–Crippen MR) is 52.9 cm³/mol. The lowest BCUT2D eigenvalue weighted by atomic mass is 10.1. The van der Waals surface area contributed by atoms with Gasteiger partial charge in [-0.1, -0.05) is 12.8 Å². The van der Waals surface area contributed by atoms with Gasteiger partial charge in [-0.15, -0.1) is 0 Å². The maximum atomic E-state index is 10.6. The Bertz CT molecular complexity index is 491. The van der Waals surface area contributed by atoms with Gasteiger partial charge in [-0.25, -0.2) is 4.98 Å². The molecule has 0 radical (unpaired) electrons. The van der Waals surface area contributed by atoms with Crippen LogP contribution < -0.4 is 0 Å². The molecule has 0 saturated heterocycles. The van der Waals surface area contributed by atoms with E-state index >= 15 is 0 Å². The van der Waals surface area contributed by atoms with Crippen molar-refractivity contribution in [3.63, 3.8) is 0 Å². The van der Waals surface area contributed by atoms with Crippen molar-refractivity contribution < 1.29 is 13.6 Å². The second-order valence-corrected chi connectivity index (χ2v) is 3.97. The first-order chi connectivity index (χ1) is 7.38. The lowest BCUT2D eigenvalue weighted by Crippen LogP contribution is -1.91. The quantitative estimate of drug-likeness (QED) is 0.707. The molecule has 0 spiro atoms. The number of nitrogens with zero attached hydrogens (tertiary/aromatic N) is 1. The minimum absolute atomic E-state index is 0.238. The maximum absolute atomic E-state index is 10.6. The van der Waals surface area contributed by atoms with E-state index in [9.17, 15) is 4.79 Å². The number of hydrogen-bond donors (Lipinski definition) is 0. The van der Waals surface area contributed by atoms with E-state index in [0.717, 1.165) is 18.7 Å². The molecule has 1 saturated carbocycles. The molecule has 2 aromatic rings. The van der Waals surface area contributed by atoms with Crippen molar-refractivity contribution in [2.45, 2.75) is 31.6 Å². The SMILES string of the molecule is O=Cc1occ2nc(C3CCCC3)oc12. The zero-order valence-corrected chi connectivity index (χ0v) is 8.23. The maximum Gasteiger partial charge on any atom is 0.211 e. The lowest BCUT2D eigenvalue weighted by Gasteiger charge is -2.00. The number of rotatable bonds is 2. The molecule has 0 unspecified atom stereocenters. The summed E-state index contributed by atoms with van der Waals surface area (Å²) in [6.45, 7) is 0. The van der Waals surface area contributed by atoms with Crippen molar-refractivity contribution in [3.8, 4) is 0 Å². The molecule has 78 valence electrons. The third kappa shape index (κ3) is 1.28. The molecule has 0 atom stereocenters. The van der Waals surface area contributed by atoms with Gasteiger partial charge in [-0.05, 0) is 12.8 Å². The number of oxazole rings is 1. The van der Waals surface area contributed by atoms with Gasteiger partial charge >= 0.3 is 0 Å². The van der Waals surface area contributed by atoms with Crippen LogP contribution in [0.2, 0.25) is 0 Å². The van der Waals surface area contributed by atoms with Crippen LogP contribution >= 0.6 is 0 Å². The zero-order chi connectivity index (χ0) is 10.3. The van der Waals surface area contributed by atoms with Crippen LogP contribution in [0.5, 0.6) is 0 Å². The van der Waals surface area contributed by atoms with Crippen LogP contribution in [-0.2, 0) is 0 Å². The lowest BCUT2D eigenvalue weighted by molar-refractivity contribution is 0.110. The molecule has 15 heavy (non-hydrogen) atoms. The van der Waals surface area contributed by atoms with Gasteiger partial charge in [-0.3, -0.25) is 4.79 Å². The molecule has 2 heterocycles. The Morgan fingerprint density at radius 1 is 1.40 bits per heavy atom. The third-order valence-electron chi connectivity index (χ3n) is 3.00. The van der Waals surface area contributed by atoms with Crippen LogP contribution in [-0.4, -0.2) is 11.3 Å². The molecule has 1 fully saturated rings. The highest BCUT2D eigenvalue weighted by Crippen LogP contribution is 2.35. The van der Waals surface area contributed by atoms with E-state index in [-0.39, 0.29) is 5.76 Å². The molecule has 4 nitrogen and oxygen atoms in total. The molecular formula is C11H11NO3. The molecule has 1 aliphatic rings. The second kappa shape index (κ2) is 3.22. The second-order valence-electron chi connectivity index (χ2n) is 3.97. The van der Waals surface area contributed by atoms with Crippen molar-refractivity contribution in [3.05, 3.63) is 17.9 Å². The monoisotopic (exact) mass is 205 g/mol. The van der Waals surface area contributed by atoms with Crippen LogP contribution in [0.25, 0.3) is 11.1 Å². The zero-order valence-electron chi connectivity index (χ0n) is 8.23. The van der Waals surface area contributed by atoms with Crippen LogP contribution in [0.4, 0.5) is 0 Å². The van der Waals surface area contributed by atoms with Crippen molar-refractivity contribution in [2.75, 3.05) is 0 Å². The van der Waals surface area contributed by atoms with E-state index in [1.54, 1.807) is 0 Å². The molecule has 0 bridgehead atoms. The first-order valence-corrected chi connectivity index (χ1v) is 5.21. The van der Waals surface area contributed by atoms with E-state index in [2.05, 4.69) is 4.98 Å². The van der Waals surface area contributed by atoms with Crippen molar-refractivity contribution in [2.24, 2.45) is 0 Å². The largest absolute Gasteiger partial charge is 0.455 e. The Morgan fingerprint density at radius 3 is 2.93 bits per heavy atom. The molecule has 2 aromatic heterocycles. The number of carbonyl (C=O) groups excluding carboxylic acids is 1. The highest BCUT2D eigenvalue weighted by Gasteiger charge is 2.24. The predicted octanol–water partition coefficient (Wildman–Crippen LogP) is 2.89. The summed E-state index contributed by atoms with van der Waals surface area (Å²) >= 11 is 0. The van der Waals surface area contributed by atoms with Crippen molar-refractivity contribution in [1.82, 2.24) is 4.98 Å². The van der Waals surface area contributed by atoms with Gasteiger partial charge in [-0.2, -0.15) is 0 Å². The van der Waals surface area contributed by atoms with Gasteiger partial charge in [0.2, 0.25) is 11.3 Å². The normalized spacial score (nSPS) is 17.6. The Balaban J connectivity index is 2.05. The van der Waals surface area contributed by atoms with E-state index in [1.807, 2.05) is 0 Å². The Hall–Kier alpha value is -1.58. The molecule has 1 aliphatic carbocycles. The molecular weight excluding hydrogens is 194 g/mol. The summed E-state index contributed by atoms with van der Waals surface area (Å²) in [4.78, 5) is 15.0. The topological polar surface area (TPSA) is 56.2 Å². The third-order valence-corrected chi connectivity index (χ3v) is 3.00. The van der Waals surface area contributed by atoms with Crippen LogP contribution in [0, 0.1) is 0 Å². The summed E-state index contributed by atoms with van der Waals surface area (Å²) in [5, 5.41) is 0. The minimum Gasteiger partial charge on any atom is -0.455 e. The molecule has 0 aromatic carbocycles. The Labute approximate surface area is 86.3 Å². The summed E-state index contributed by atoms with van der Waals surface area (Å²) in [6, 6.07) is 0. The first-order valence-electron chi connectivity index (χ1n) is 5.21. The minimum atomic E-state index is 0.238. The highest BCUT2D eigenvalue weighted by atomic mass is 16.4. The first kappa shape index (κ1) is 8.71. The fourth-order valence-electron chi connectivity index (χ4n) is 2.21. The number of fused-ring (bicyclic) bond motifs is 1. The van der Waals surface area contributed by atoms with Gasteiger partial charge < -0.3 is 8.83 Å². The van der Waals surface area contributed by atoms with Crippen molar-refractivity contribution in [1.29, 1.82) is 0 Å². The molecule has 0 aliphatic heterocycles. The summed E-state index contributed by atoms with van der Waals surface area (Å²) < 4.78 is 10.6. The summed E-state index contributed by atoms with van der Waals surface area (Å²) in [7, 11) is 0. The summed E-state index contributed by atoms with van der Waals surface area (Å²) in [5.41, 5.74) is 1.14. The standard InChI is InChI=1S/C11H11NO3/c13-5-9-10-8(6-14-9)12-11(15-10)7-3-1-2-4-7/h5-7H,1-4H2. The van der Waals surface area contributed by atoms with Crippen LogP contribution in [0.15, 0.2) is 15.1 Å². The van der Waals surface area contributed by atoms with E-state index < -0.39 is 0 Å². The van der Waals surface area contributed by atoms with Gasteiger partial charge in [0.05, 0.1) is 0 Å². The summed E-state index contributed by atoms with van der Waals surface area (Å²) in [6.07, 6.45) is 6.88. The number of hydrogen-bond acceptors (Lipinski definition) is 4. The number of carbonyl (C=O) groups is 1. The van der Waals surface area contributed by atoms with E-state index in [0.29, 0.717) is 23.3 Å². The number of aromatic nitrogens is 1. The summed E-state index contributed by atoms with van der Waals surface area (Å²) in [5.74, 6) is 1.43. The molecule has 0 amide bonds. The van der Waals surface area contributed by atoms with E-state index in [1.165, 1.54) is 19.1 Å². The highest BCUT2D eigenvalue weighted by molar-refractivity contribution is 5.89. The van der Waals surface area contributed by atoms with Crippen molar-refractivity contribution >= 4 is 17.4 Å². The van der Waals surface area contributed by atoms with Crippen LogP contribution in [0.1, 0.15) is 48.0 Å². The van der Waals surface area contributed by atoms with Crippen LogP contribution in [0.3, 0.4) is 0 Å². The van der Waals surface area contributed by atoms with Gasteiger partial charge in [0.1, 0.15) is 11.8 Å². The Morgan fingerprint density at radius 2 is 2.20 bits per heavy atom. The Kier molecular flexibility index (Phi) is 1.87. The van der Waals surface area contributed by atoms with E-state index in [4.69, 9.17) is 8.83 Å². The molecule has 4 heteroatoms. The van der Waals surface area contributed by atoms with Gasteiger partial charge in [0.25, 0.3) is 0 Å².